The van der Waals surface area contributed by atoms with Crippen molar-refractivity contribution in [2.75, 3.05) is 7.05 Å². The molecular formula is C11H16N2O2. The normalized spacial score (nSPS) is 28.5. The summed E-state index contributed by atoms with van der Waals surface area (Å²) in [6, 6.07) is 6.74. The van der Waals surface area contributed by atoms with E-state index in [1.807, 2.05) is 26.1 Å². The number of phenols is 1. The molecule has 0 amide bonds. The van der Waals surface area contributed by atoms with Gasteiger partial charge in [-0.25, -0.2) is 0 Å². The molecule has 3 atom stereocenters. The van der Waals surface area contributed by atoms with Crippen LogP contribution in [0.4, 0.5) is 0 Å². The fourth-order valence-corrected chi connectivity index (χ4v) is 1.74. The summed E-state index contributed by atoms with van der Waals surface area (Å²) in [7, 11) is 1.99. The molecule has 0 aromatic heterocycles. The fourth-order valence-electron chi connectivity index (χ4n) is 1.74. The van der Waals surface area contributed by atoms with Crippen LogP contribution in [0.15, 0.2) is 24.3 Å². The highest BCUT2D eigenvalue weighted by atomic mass is 16.6. The maximum atomic E-state index is 9.16. The van der Waals surface area contributed by atoms with Crippen LogP contribution in [0.25, 0.3) is 0 Å². The first-order valence-electron chi connectivity index (χ1n) is 5.01. The molecule has 1 heterocycles. The first-order chi connectivity index (χ1) is 7.09. The van der Waals surface area contributed by atoms with E-state index in [-0.39, 0.29) is 24.2 Å². The van der Waals surface area contributed by atoms with Gasteiger partial charge in [0.15, 0.2) is 0 Å². The summed E-state index contributed by atoms with van der Waals surface area (Å²) >= 11 is 0. The zero-order valence-corrected chi connectivity index (χ0v) is 8.92. The fraction of sp³-hybridized carbons (Fsp3) is 0.455. The monoisotopic (exact) mass is 208 g/mol. The zero-order valence-electron chi connectivity index (χ0n) is 8.92. The Morgan fingerprint density at radius 1 is 1.40 bits per heavy atom. The molecule has 1 aromatic rings. The van der Waals surface area contributed by atoms with E-state index in [0.717, 1.165) is 5.56 Å². The standard InChI is InChI=1S/C11H16N2O2/c1-7-13(2)11(15-7)10(12)8-3-5-9(14)6-4-8/h3-7,10-11,14H,12H2,1-2H3/t7?,10-,11?/m0/s1. The highest BCUT2D eigenvalue weighted by Crippen LogP contribution is 2.29. The summed E-state index contributed by atoms with van der Waals surface area (Å²) in [5.41, 5.74) is 7.02. The molecule has 4 heteroatoms. The van der Waals surface area contributed by atoms with Crippen molar-refractivity contribution in [1.82, 2.24) is 4.90 Å². The summed E-state index contributed by atoms with van der Waals surface area (Å²) in [6.07, 6.45) is 0.0720. The van der Waals surface area contributed by atoms with E-state index >= 15 is 0 Å². The van der Waals surface area contributed by atoms with Gasteiger partial charge in [-0.05, 0) is 31.7 Å². The van der Waals surface area contributed by atoms with Gasteiger partial charge in [-0.15, -0.1) is 0 Å². The third-order valence-electron chi connectivity index (χ3n) is 2.90. The molecular weight excluding hydrogens is 192 g/mol. The van der Waals surface area contributed by atoms with E-state index < -0.39 is 0 Å². The molecule has 1 aliphatic rings. The minimum atomic E-state index is -0.174. The Morgan fingerprint density at radius 3 is 2.47 bits per heavy atom. The van der Waals surface area contributed by atoms with Gasteiger partial charge in [-0.1, -0.05) is 12.1 Å². The number of benzene rings is 1. The van der Waals surface area contributed by atoms with Crippen LogP contribution in [0.1, 0.15) is 18.5 Å². The van der Waals surface area contributed by atoms with Gasteiger partial charge >= 0.3 is 0 Å². The number of phenolic OH excluding ortho intramolecular Hbond substituents is 1. The van der Waals surface area contributed by atoms with Gasteiger partial charge in [0.1, 0.15) is 18.2 Å². The van der Waals surface area contributed by atoms with Crippen molar-refractivity contribution in [2.24, 2.45) is 5.73 Å². The van der Waals surface area contributed by atoms with Crippen LogP contribution in [0, 0.1) is 0 Å². The number of aromatic hydroxyl groups is 1. The molecule has 1 saturated heterocycles. The number of likely N-dealkylation sites (N-methyl/N-ethyl adjacent to an activating group) is 1. The first-order valence-corrected chi connectivity index (χ1v) is 5.01. The van der Waals surface area contributed by atoms with Gasteiger partial charge in [0.05, 0.1) is 6.04 Å². The zero-order chi connectivity index (χ0) is 11.0. The van der Waals surface area contributed by atoms with Crippen LogP contribution in [0.5, 0.6) is 5.75 Å². The Kier molecular flexibility index (Phi) is 2.65. The Balaban J connectivity index is 2.08. The first kappa shape index (κ1) is 10.4. The van der Waals surface area contributed by atoms with Gasteiger partial charge in [-0.3, -0.25) is 4.90 Å². The van der Waals surface area contributed by atoms with E-state index in [2.05, 4.69) is 4.90 Å². The lowest BCUT2D eigenvalue weighted by Gasteiger charge is -2.47. The van der Waals surface area contributed by atoms with Crippen molar-refractivity contribution in [3.8, 4) is 5.75 Å². The largest absolute Gasteiger partial charge is 0.508 e. The molecule has 0 saturated carbocycles. The maximum Gasteiger partial charge on any atom is 0.133 e. The second-order valence-corrected chi connectivity index (χ2v) is 3.91. The summed E-state index contributed by atoms with van der Waals surface area (Å²) in [5, 5.41) is 9.16. The van der Waals surface area contributed by atoms with Crippen molar-refractivity contribution >= 4 is 0 Å². The Morgan fingerprint density at radius 2 is 2.00 bits per heavy atom. The van der Waals surface area contributed by atoms with E-state index in [4.69, 9.17) is 15.6 Å². The number of rotatable bonds is 2. The summed E-state index contributed by atoms with van der Waals surface area (Å²) in [5.74, 6) is 0.252. The molecule has 3 N–H and O–H groups in total. The second-order valence-electron chi connectivity index (χ2n) is 3.91. The van der Waals surface area contributed by atoms with Crippen molar-refractivity contribution < 1.29 is 9.84 Å². The molecule has 0 radical (unpaired) electrons. The number of nitrogens with two attached hydrogens (primary N) is 1. The highest BCUT2D eigenvalue weighted by Gasteiger charge is 2.37. The second kappa shape index (κ2) is 3.81. The number of hydrogen-bond donors (Lipinski definition) is 2. The van der Waals surface area contributed by atoms with Crippen LogP contribution in [-0.2, 0) is 4.74 Å². The van der Waals surface area contributed by atoms with E-state index in [0.29, 0.717) is 0 Å². The summed E-state index contributed by atoms with van der Waals surface area (Å²) in [4.78, 5) is 2.08. The summed E-state index contributed by atoms with van der Waals surface area (Å²) in [6.45, 7) is 1.99. The minimum Gasteiger partial charge on any atom is -0.508 e. The molecule has 0 bridgehead atoms. The third kappa shape index (κ3) is 1.84. The van der Waals surface area contributed by atoms with Crippen molar-refractivity contribution in [2.45, 2.75) is 25.4 Å². The van der Waals surface area contributed by atoms with Crippen LogP contribution < -0.4 is 5.73 Å². The topological polar surface area (TPSA) is 58.7 Å². The van der Waals surface area contributed by atoms with Gasteiger partial charge in [0.2, 0.25) is 0 Å². The molecule has 15 heavy (non-hydrogen) atoms. The van der Waals surface area contributed by atoms with Crippen molar-refractivity contribution in [1.29, 1.82) is 0 Å². The predicted molar refractivity (Wildman–Crippen MR) is 57.1 cm³/mol. The average Bonchev–Trinajstić information content (AvgIpc) is 2.25. The molecule has 0 aliphatic carbocycles. The molecule has 82 valence electrons. The number of ether oxygens (including phenoxy) is 1. The molecule has 4 nitrogen and oxygen atoms in total. The number of nitrogens with zero attached hydrogens (tertiary/aromatic N) is 1. The number of hydrogen-bond acceptors (Lipinski definition) is 4. The Bertz CT molecular complexity index is 339. The van der Waals surface area contributed by atoms with Crippen LogP contribution in [0.2, 0.25) is 0 Å². The SMILES string of the molecule is CC1OC([C@@H](N)c2ccc(O)cc2)N1C. The van der Waals surface area contributed by atoms with Crippen LogP contribution in [-0.4, -0.2) is 29.5 Å². The molecule has 2 unspecified atom stereocenters. The summed E-state index contributed by atoms with van der Waals surface area (Å²) < 4.78 is 5.54. The van der Waals surface area contributed by atoms with E-state index in [9.17, 15) is 0 Å². The third-order valence-corrected chi connectivity index (χ3v) is 2.90. The molecule has 0 spiro atoms. The quantitative estimate of drug-likeness (QED) is 0.762. The van der Waals surface area contributed by atoms with Crippen molar-refractivity contribution in [3.05, 3.63) is 29.8 Å². The van der Waals surface area contributed by atoms with Crippen LogP contribution >= 0.6 is 0 Å². The maximum absolute atomic E-state index is 9.16. The lowest BCUT2D eigenvalue weighted by atomic mass is 10.0. The van der Waals surface area contributed by atoms with Gasteiger partial charge in [-0.2, -0.15) is 0 Å². The lowest BCUT2D eigenvalue weighted by Crippen LogP contribution is -2.58. The van der Waals surface area contributed by atoms with Crippen molar-refractivity contribution in [3.63, 3.8) is 0 Å². The molecule has 1 fully saturated rings. The van der Waals surface area contributed by atoms with Gasteiger partial charge < -0.3 is 15.6 Å². The molecule has 1 aromatic carbocycles. The van der Waals surface area contributed by atoms with Gasteiger partial charge in [0, 0.05) is 0 Å². The van der Waals surface area contributed by atoms with E-state index in [1.54, 1.807) is 12.1 Å². The Labute approximate surface area is 89.3 Å². The average molecular weight is 208 g/mol. The van der Waals surface area contributed by atoms with Gasteiger partial charge in [0.25, 0.3) is 0 Å². The predicted octanol–water partition coefficient (Wildman–Crippen LogP) is 1.03. The highest BCUT2D eigenvalue weighted by molar-refractivity contribution is 5.28. The Hall–Kier alpha value is -1.10. The smallest absolute Gasteiger partial charge is 0.133 e. The lowest BCUT2D eigenvalue weighted by molar-refractivity contribution is -0.273. The van der Waals surface area contributed by atoms with Crippen LogP contribution in [0.3, 0.4) is 0 Å². The molecule has 1 aliphatic heterocycles. The molecule has 2 rings (SSSR count). The van der Waals surface area contributed by atoms with E-state index in [1.165, 1.54) is 0 Å². The minimum absolute atomic E-state index is 0.0652.